The molecule has 0 radical (unpaired) electrons. The van der Waals surface area contributed by atoms with Crippen LogP contribution in [0.3, 0.4) is 0 Å². The molecule has 0 spiro atoms. The van der Waals surface area contributed by atoms with Gasteiger partial charge in [0, 0.05) is 19.8 Å². The second kappa shape index (κ2) is 5.05. The summed E-state index contributed by atoms with van der Waals surface area (Å²) in [5.74, 6) is -0.403. The highest BCUT2D eigenvalue weighted by Gasteiger charge is 2.38. The first kappa shape index (κ1) is 13.6. The maximum absolute atomic E-state index is 12.2. The van der Waals surface area contributed by atoms with Crippen molar-refractivity contribution in [2.75, 3.05) is 21.2 Å². The summed E-state index contributed by atoms with van der Waals surface area (Å²) in [6.07, 6.45) is 0. The Morgan fingerprint density at radius 1 is 1.42 bits per heavy atom. The van der Waals surface area contributed by atoms with Gasteiger partial charge >= 0.3 is 12.0 Å². The number of rotatable bonds is 2. The molecule has 1 aliphatic rings. The molecule has 5 nitrogen and oxygen atoms in total. The third kappa shape index (κ3) is 2.12. The number of thiophene rings is 1. The fourth-order valence-electron chi connectivity index (χ4n) is 2.25. The number of nitrogens with zero attached hydrogens (tertiary/aromatic N) is 2. The van der Waals surface area contributed by atoms with Gasteiger partial charge in [0.15, 0.2) is 0 Å². The molecule has 19 heavy (non-hydrogen) atoms. The molecule has 0 unspecified atom stereocenters. The summed E-state index contributed by atoms with van der Waals surface area (Å²) in [5, 5.41) is 3.87. The molecule has 0 bridgehead atoms. The van der Waals surface area contributed by atoms with Gasteiger partial charge in [-0.25, -0.2) is 9.59 Å². The number of allylic oxidation sites excluding steroid dienone is 1. The van der Waals surface area contributed by atoms with E-state index in [2.05, 4.69) is 0 Å². The second-order valence-electron chi connectivity index (χ2n) is 4.40. The van der Waals surface area contributed by atoms with Gasteiger partial charge in [0.2, 0.25) is 0 Å². The number of amides is 2. The lowest BCUT2D eigenvalue weighted by atomic mass is 9.96. The number of urea groups is 1. The Labute approximate surface area is 116 Å². The fourth-order valence-corrected chi connectivity index (χ4v) is 2.93. The number of carbonyl (C=O) groups is 2. The molecule has 2 rings (SSSR count). The Bertz CT molecular complexity index is 536. The van der Waals surface area contributed by atoms with Crippen LogP contribution in [0.2, 0.25) is 0 Å². The van der Waals surface area contributed by atoms with Crippen molar-refractivity contribution in [1.82, 2.24) is 9.80 Å². The lowest BCUT2D eigenvalue weighted by Gasteiger charge is -2.38. The maximum Gasteiger partial charge on any atom is 0.337 e. The molecule has 0 saturated heterocycles. The number of ether oxygens (including phenoxy) is 1. The molecular weight excluding hydrogens is 264 g/mol. The van der Waals surface area contributed by atoms with E-state index < -0.39 is 5.97 Å². The van der Waals surface area contributed by atoms with Gasteiger partial charge in [0.1, 0.15) is 0 Å². The summed E-state index contributed by atoms with van der Waals surface area (Å²) >= 11 is 1.53. The van der Waals surface area contributed by atoms with Gasteiger partial charge < -0.3 is 14.5 Å². The van der Waals surface area contributed by atoms with Crippen LogP contribution < -0.4 is 0 Å². The highest BCUT2D eigenvalue weighted by Crippen LogP contribution is 2.36. The van der Waals surface area contributed by atoms with E-state index in [1.54, 1.807) is 25.9 Å². The predicted octanol–water partition coefficient (Wildman–Crippen LogP) is 2.23. The third-order valence-corrected chi connectivity index (χ3v) is 4.11. The molecule has 0 fully saturated rings. The highest BCUT2D eigenvalue weighted by molar-refractivity contribution is 7.08. The molecule has 0 aliphatic carbocycles. The number of likely N-dealkylation sites (N-methyl/N-ethyl adjacent to an activating group) is 1. The van der Waals surface area contributed by atoms with E-state index in [1.165, 1.54) is 23.3 Å². The molecule has 1 aromatic rings. The van der Waals surface area contributed by atoms with Gasteiger partial charge in [-0.3, -0.25) is 0 Å². The summed E-state index contributed by atoms with van der Waals surface area (Å²) in [6, 6.07) is 1.39. The smallest absolute Gasteiger partial charge is 0.337 e. The van der Waals surface area contributed by atoms with E-state index in [1.807, 2.05) is 16.8 Å². The second-order valence-corrected chi connectivity index (χ2v) is 5.18. The van der Waals surface area contributed by atoms with E-state index in [0.29, 0.717) is 11.3 Å². The Morgan fingerprint density at radius 2 is 2.11 bits per heavy atom. The first-order chi connectivity index (χ1) is 8.99. The minimum atomic E-state index is -0.403. The van der Waals surface area contributed by atoms with Crippen LogP contribution in [0.25, 0.3) is 0 Å². The van der Waals surface area contributed by atoms with E-state index in [0.717, 1.165) is 5.56 Å². The Kier molecular flexibility index (Phi) is 3.61. The van der Waals surface area contributed by atoms with E-state index in [-0.39, 0.29) is 12.1 Å². The zero-order valence-corrected chi connectivity index (χ0v) is 12.2. The van der Waals surface area contributed by atoms with Gasteiger partial charge in [0.05, 0.1) is 18.7 Å². The molecule has 1 aromatic heterocycles. The van der Waals surface area contributed by atoms with Crippen molar-refractivity contribution in [3.8, 4) is 0 Å². The number of methoxy groups -OCH3 is 1. The van der Waals surface area contributed by atoms with Crippen LogP contribution in [0.4, 0.5) is 4.79 Å². The molecule has 1 aliphatic heterocycles. The van der Waals surface area contributed by atoms with E-state index in [4.69, 9.17) is 4.74 Å². The zero-order chi connectivity index (χ0) is 14.2. The molecule has 2 amide bonds. The predicted molar refractivity (Wildman–Crippen MR) is 72.7 cm³/mol. The van der Waals surface area contributed by atoms with Crippen LogP contribution in [-0.2, 0) is 9.53 Å². The SMILES string of the molecule is COC(=O)C1=C(C)N(C)C(=O)N(C)[C@H]1c1ccsc1. The lowest BCUT2D eigenvalue weighted by molar-refractivity contribution is -0.137. The molecule has 1 atom stereocenters. The number of carbonyl (C=O) groups excluding carboxylic acids is 2. The topological polar surface area (TPSA) is 49.9 Å². The van der Waals surface area contributed by atoms with Gasteiger partial charge in [-0.2, -0.15) is 11.3 Å². The van der Waals surface area contributed by atoms with Gasteiger partial charge in [-0.15, -0.1) is 0 Å². The van der Waals surface area contributed by atoms with Crippen molar-refractivity contribution >= 4 is 23.3 Å². The first-order valence-electron chi connectivity index (χ1n) is 5.80. The average Bonchev–Trinajstić information content (AvgIpc) is 2.93. The fraction of sp³-hybridized carbons (Fsp3) is 0.385. The van der Waals surface area contributed by atoms with Crippen LogP contribution in [0.5, 0.6) is 0 Å². The molecule has 6 heteroatoms. The average molecular weight is 280 g/mol. The molecule has 2 heterocycles. The van der Waals surface area contributed by atoms with Crippen molar-refractivity contribution in [2.45, 2.75) is 13.0 Å². The lowest BCUT2D eigenvalue weighted by Crippen LogP contribution is -2.47. The van der Waals surface area contributed by atoms with Crippen LogP contribution in [0.15, 0.2) is 28.1 Å². The molecular formula is C13H16N2O3S. The van der Waals surface area contributed by atoms with Crippen molar-refractivity contribution in [3.05, 3.63) is 33.7 Å². The van der Waals surface area contributed by atoms with Crippen LogP contribution >= 0.6 is 11.3 Å². The third-order valence-electron chi connectivity index (χ3n) is 3.41. The van der Waals surface area contributed by atoms with Crippen molar-refractivity contribution in [3.63, 3.8) is 0 Å². The summed E-state index contributed by atoms with van der Waals surface area (Å²) in [5.41, 5.74) is 2.06. The standard InChI is InChI=1S/C13H16N2O3S/c1-8-10(12(16)18-4)11(9-5-6-19-7-9)15(3)13(17)14(8)2/h5-7,11H,1-4H3/t11-/m0/s1. The Morgan fingerprint density at radius 3 is 2.63 bits per heavy atom. The normalized spacial score (nSPS) is 20.0. The number of esters is 1. The molecule has 0 aromatic carbocycles. The van der Waals surface area contributed by atoms with Crippen LogP contribution in [0, 0.1) is 0 Å². The Balaban J connectivity index is 2.59. The summed E-state index contributed by atoms with van der Waals surface area (Å²) in [6.45, 7) is 1.76. The van der Waals surface area contributed by atoms with Crippen molar-refractivity contribution < 1.29 is 14.3 Å². The highest BCUT2D eigenvalue weighted by atomic mass is 32.1. The van der Waals surface area contributed by atoms with Crippen LogP contribution in [-0.4, -0.2) is 43.0 Å². The quantitative estimate of drug-likeness (QED) is 0.781. The van der Waals surface area contributed by atoms with Gasteiger partial charge in [0.25, 0.3) is 0 Å². The molecule has 102 valence electrons. The molecule has 0 N–H and O–H groups in total. The number of hydrogen-bond donors (Lipinski definition) is 0. The summed E-state index contributed by atoms with van der Waals surface area (Å²) in [7, 11) is 4.70. The minimum Gasteiger partial charge on any atom is -0.466 e. The summed E-state index contributed by atoms with van der Waals surface area (Å²) in [4.78, 5) is 27.2. The van der Waals surface area contributed by atoms with E-state index >= 15 is 0 Å². The van der Waals surface area contributed by atoms with Crippen molar-refractivity contribution in [2.24, 2.45) is 0 Å². The number of hydrogen-bond acceptors (Lipinski definition) is 4. The van der Waals surface area contributed by atoms with Crippen molar-refractivity contribution in [1.29, 1.82) is 0 Å². The monoisotopic (exact) mass is 280 g/mol. The zero-order valence-electron chi connectivity index (χ0n) is 11.3. The largest absolute Gasteiger partial charge is 0.466 e. The van der Waals surface area contributed by atoms with Gasteiger partial charge in [-0.1, -0.05) is 0 Å². The minimum absolute atomic E-state index is 0.138. The van der Waals surface area contributed by atoms with E-state index in [9.17, 15) is 9.59 Å². The van der Waals surface area contributed by atoms with Gasteiger partial charge in [-0.05, 0) is 29.3 Å². The maximum atomic E-state index is 12.2. The summed E-state index contributed by atoms with van der Waals surface area (Å²) < 4.78 is 4.86. The first-order valence-corrected chi connectivity index (χ1v) is 6.75. The van der Waals surface area contributed by atoms with Crippen LogP contribution in [0.1, 0.15) is 18.5 Å². The Hall–Kier alpha value is -1.82. The molecule has 0 saturated carbocycles.